The van der Waals surface area contributed by atoms with E-state index in [0.717, 1.165) is 16.3 Å². The van der Waals surface area contributed by atoms with Gasteiger partial charge in [-0.25, -0.2) is 0 Å². The van der Waals surface area contributed by atoms with Crippen LogP contribution in [0.2, 0.25) is 5.02 Å². The monoisotopic (exact) mass is 172 g/mol. The maximum Gasteiger partial charge on any atom is 0.0435 e. The molecule has 0 heterocycles. The molecule has 54 valence electrons. The predicted molar refractivity (Wildman–Crippen MR) is 48.9 cm³/mol. The van der Waals surface area contributed by atoms with Crippen LogP contribution in [0.4, 0.5) is 0 Å². The van der Waals surface area contributed by atoms with E-state index in [0.29, 0.717) is 0 Å². The second kappa shape index (κ2) is 3.31. The van der Waals surface area contributed by atoms with E-state index in [-0.39, 0.29) is 0 Å². The first-order valence-electron chi connectivity index (χ1n) is 3.10. The van der Waals surface area contributed by atoms with Crippen molar-refractivity contribution in [3.8, 4) is 0 Å². The van der Waals surface area contributed by atoms with Crippen molar-refractivity contribution in [2.75, 3.05) is 0 Å². The molecule has 0 aliphatic rings. The van der Waals surface area contributed by atoms with Gasteiger partial charge in [-0.3, -0.25) is 0 Å². The van der Waals surface area contributed by atoms with Gasteiger partial charge in [-0.15, -0.1) is 0 Å². The molecular formula is C8H9ClS. The molecule has 0 aromatic heterocycles. The first-order chi connectivity index (χ1) is 4.74. The quantitative estimate of drug-likeness (QED) is 0.619. The molecule has 1 aromatic carbocycles. The highest BCUT2D eigenvalue weighted by molar-refractivity contribution is 7.79. The Bertz CT molecular complexity index is 233. The fraction of sp³-hybridized carbons (Fsp3) is 0.250. The van der Waals surface area contributed by atoms with Crippen molar-refractivity contribution < 1.29 is 0 Å². The average Bonchev–Trinajstić information content (AvgIpc) is 1.95. The van der Waals surface area contributed by atoms with Crippen LogP contribution in [0.3, 0.4) is 0 Å². The van der Waals surface area contributed by atoms with Crippen LogP contribution in [0.15, 0.2) is 18.2 Å². The molecule has 0 atom stereocenters. The maximum atomic E-state index is 5.81. The lowest BCUT2D eigenvalue weighted by Gasteiger charge is -1.99. The zero-order valence-electron chi connectivity index (χ0n) is 5.76. The Labute approximate surface area is 71.6 Å². The Morgan fingerprint density at radius 1 is 1.50 bits per heavy atom. The van der Waals surface area contributed by atoms with Crippen LogP contribution >= 0.6 is 24.2 Å². The summed E-state index contributed by atoms with van der Waals surface area (Å²) in [5.41, 5.74) is 2.33. The maximum absolute atomic E-state index is 5.81. The zero-order valence-corrected chi connectivity index (χ0v) is 7.41. The van der Waals surface area contributed by atoms with E-state index in [4.69, 9.17) is 11.6 Å². The number of benzene rings is 1. The summed E-state index contributed by atoms with van der Waals surface area (Å²) in [5, 5.41) is 0.825. The molecule has 1 aromatic rings. The van der Waals surface area contributed by atoms with Crippen molar-refractivity contribution in [2.45, 2.75) is 12.7 Å². The van der Waals surface area contributed by atoms with Crippen molar-refractivity contribution in [2.24, 2.45) is 0 Å². The van der Waals surface area contributed by atoms with Gasteiger partial charge in [-0.05, 0) is 24.1 Å². The molecule has 0 aliphatic carbocycles. The molecule has 0 amide bonds. The fourth-order valence-electron chi connectivity index (χ4n) is 0.805. The van der Waals surface area contributed by atoms with Crippen molar-refractivity contribution >= 4 is 24.2 Å². The average molecular weight is 173 g/mol. The first-order valence-corrected chi connectivity index (χ1v) is 4.11. The summed E-state index contributed by atoms with van der Waals surface area (Å²) in [5.74, 6) is 0.776. The Kier molecular flexibility index (Phi) is 2.64. The third-order valence-electron chi connectivity index (χ3n) is 1.40. The molecule has 2 heteroatoms. The number of hydrogen-bond acceptors (Lipinski definition) is 1. The lowest BCUT2D eigenvalue weighted by Crippen LogP contribution is -1.79. The Balaban J connectivity index is 3.04. The van der Waals surface area contributed by atoms with Crippen molar-refractivity contribution in [1.82, 2.24) is 0 Å². The highest BCUT2D eigenvalue weighted by Gasteiger charge is 1.94. The van der Waals surface area contributed by atoms with E-state index < -0.39 is 0 Å². The molecule has 0 N–H and O–H groups in total. The van der Waals surface area contributed by atoms with Gasteiger partial charge in [0.2, 0.25) is 0 Å². The molecule has 0 fully saturated rings. The second-order valence-corrected chi connectivity index (χ2v) is 2.97. The van der Waals surface area contributed by atoms with Crippen LogP contribution in [-0.2, 0) is 5.75 Å². The number of rotatable bonds is 1. The summed E-state index contributed by atoms with van der Waals surface area (Å²) in [4.78, 5) is 0. The molecule has 0 saturated carbocycles. The summed E-state index contributed by atoms with van der Waals surface area (Å²) in [6.45, 7) is 2.00. The molecule has 0 bridgehead atoms. The van der Waals surface area contributed by atoms with Crippen molar-refractivity contribution in [3.63, 3.8) is 0 Å². The number of halogens is 1. The van der Waals surface area contributed by atoms with Crippen LogP contribution in [0.1, 0.15) is 11.1 Å². The van der Waals surface area contributed by atoms with Gasteiger partial charge < -0.3 is 0 Å². The van der Waals surface area contributed by atoms with Crippen LogP contribution in [-0.4, -0.2) is 0 Å². The minimum Gasteiger partial charge on any atom is -0.175 e. The van der Waals surface area contributed by atoms with Crippen LogP contribution < -0.4 is 0 Å². The van der Waals surface area contributed by atoms with Gasteiger partial charge >= 0.3 is 0 Å². The number of aryl methyl sites for hydroxylation is 1. The minimum absolute atomic E-state index is 0.776. The van der Waals surface area contributed by atoms with E-state index in [1.807, 2.05) is 19.1 Å². The lowest BCUT2D eigenvalue weighted by atomic mass is 10.2. The van der Waals surface area contributed by atoms with Gasteiger partial charge in [-0.2, -0.15) is 12.6 Å². The standard InChI is InChI=1S/C8H9ClS/c1-6-4-7(5-10)2-3-8(6)9/h2-4,10H,5H2,1H3. The van der Waals surface area contributed by atoms with E-state index >= 15 is 0 Å². The van der Waals surface area contributed by atoms with Gasteiger partial charge in [0.05, 0.1) is 0 Å². The number of thiol groups is 1. The smallest absolute Gasteiger partial charge is 0.0435 e. The fourth-order valence-corrected chi connectivity index (χ4v) is 1.12. The van der Waals surface area contributed by atoms with Gasteiger partial charge in [-0.1, -0.05) is 23.7 Å². The normalized spacial score (nSPS) is 9.90. The topological polar surface area (TPSA) is 0 Å². The molecule has 0 radical (unpaired) electrons. The molecule has 10 heavy (non-hydrogen) atoms. The molecule has 0 spiro atoms. The molecule has 0 aliphatic heterocycles. The Hall–Kier alpha value is -0.140. The van der Waals surface area contributed by atoms with E-state index in [1.54, 1.807) is 0 Å². The summed E-state index contributed by atoms with van der Waals surface area (Å²) in [7, 11) is 0. The Morgan fingerprint density at radius 3 is 2.70 bits per heavy atom. The predicted octanol–water partition coefficient (Wildman–Crippen LogP) is 3.08. The second-order valence-electron chi connectivity index (χ2n) is 2.24. The summed E-state index contributed by atoms with van der Waals surface area (Å²) in [6, 6.07) is 5.94. The largest absolute Gasteiger partial charge is 0.175 e. The van der Waals surface area contributed by atoms with Crippen molar-refractivity contribution in [3.05, 3.63) is 34.3 Å². The summed E-state index contributed by atoms with van der Waals surface area (Å²) in [6.07, 6.45) is 0. The van der Waals surface area contributed by atoms with E-state index in [1.165, 1.54) is 5.56 Å². The van der Waals surface area contributed by atoms with Gasteiger partial charge in [0.25, 0.3) is 0 Å². The van der Waals surface area contributed by atoms with Gasteiger partial charge in [0, 0.05) is 10.8 Å². The zero-order chi connectivity index (χ0) is 7.56. The third-order valence-corrected chi connectivity index (χ3v) is 2.19. The minimum atomic E-state index is 0.776. The van der Waals surface area contributed by atoms with Gasteiger partial charge in [0.15, 0.2) is 0 Å². The van der Waals surface area contributed by atoms with Gasteiger partial charge in [0.1, 0.15) is 0 Å². The highest BCUT2D eigenvalue weighted by Crippen LogP contribution is 2.16. The van der Waals surface area contributed by atoms with Crippen LogP contribution in [0.25, 0.3) is 0 Å². The molecule has 0 saturated heterocycles. The lowest BCUT2D eigenvalue weighted by molar-refractivity contribution is 1.36. The molecule has 0 nitrogen and oxygen atoms in total. The number of hydrogen-bond donors (Lipinski definition) is 1. The van der Waals surface area contributed by atoms with Crippen LogP contribution in [0.5, 0.6) is 0 Å². The Morgan fingerprint density at radius 2 is 2.20 bits per heavy atom. The molecular weight excluding hydrogens is 164 g/mol. The highest BCUT2D eigenvalue weighted by atomic mass is 35.5. The van der Waals surface area contributed by atoms with E-state index in [9.17, 15) is 0 Å². The summed E-state index contributed by atoms with van der Waals surface area (Å²) < 4.78 is 0. The molecule has 1 rings (SSSR count). The van der Waals surface area contributed by atoms with Crippen molar-refractivity contribution in [1.29, 1.82) is 0 Å². The van der Waals surface area contributed by atoms with E-state index in [2.05, 4.69) is 18.7 Å². The first kappa shape index (κ1) is 7.96. The molecule has 0 unspecified atom stereocenters. The van der Waals surface area contributed by atoms with Crippen LogP contribution in [0, 0.1) is 6.92 Å². The summed E-state index contributed by atoms with van der Waals surface area (Å²) >= 11 is 9.96. The third kappa shape index (κ3) is 1.68. The SMILES string of the molecule is Cc1cc(CS)ccc1Cl.